The van der Waals surface area contributed by atoms with Crippen LogP contribution in [0.1, 0.15) is 17.2 Å². The normalized spacial score (nSPS) is 12.5. The molecule has 0 aliphatic heterocycles. The largest absolute Gasteiger partial charge is 0.387 e. The van der Waals surface area contributed by atoms with Gasteiger partial charge >= 0.3 is 0 Å². The summed E-state index contributed by atoms with van der Waals surface area (Å²) in [5, 5.41) is 13.7. The third-order valence-corrected chi connectivity index (χ3v) is 4.09. The fourth-order valence-electron chi connectivity index (χ4n) is 2.52. The zero-order valence-electron chi connectivity index (χ0n) is 12.6. The maximum absolute atomic E-state index is 13.8. The van der Waals surface area contributed by atoms with Crippen molar-refractivity contribution >= 4 is 22.5 Å². The highest BCUT2D eigenvalue weighted by atomic mass is 35.5. The van der Waals surface area contributed by atoms with Crippen molar-refractivity contribution in [3.8, 4) is 0 Å². The van der Waals surface area contributed by atoms with Crippen LogP contribution >= 0.6 is 11.6 Å². The number of pyridine rings is 1. The molecule has 0 spiro atoms. The average Bonchev–Trinajstić information content (AvgIpc) is 2.59. The van der Waals surface area contributed by atoms with E-state index in [4.69, 9.17) is 11.6 Å². The Kier molecular flexibility index (Phi) is 5.04. The van der Waals surface area contributed by atoms with E-state index in [2.05, 4.69) is 10.3 Å². The first-order valence-electron chi connectivity index (χ1n) is 7.42. The van der Waals surface area contributed by atoms with E-state index in [0.29, 0.717) is 23.0 Å². The minimum Gasteiger partial charge on any atom is -0.387 e. The van der Waals surface area contributed by atoms with Gasteiger partial charge in [-0.2, -0.15) is 0 Å². The SMILES string of the molecule is OC(CNCc1ccc(F)c2cccnc12)c1ccc(Cl)c(F)c1. The summed E-state index contributed by atoms with van der Waals surface area (Å²) >= 11 is 5.63. The summed E-state index contributed by atoms with van der Waals surface area (Å²) in [6, 6.07) is 10.6. The van der Waals surface area contributed by atoms with E-state index in [-0.39, 0.29) is 17.4 Å². The van der Waals surface area contributed by atoms with Crippen LogP contribution in [0.3, 0.4) is 0 Å². The van der Waals surface area contributed by atoms with Crippen LogP contribution in [0.5, 0.6) is 0 Å². The molecule has 24 heavy (non-hydrogen) atoms. The molecule has 0 bridgehead atoms. The van der Waals surface area contributed by atoms with Crippen molar-refractivity contribution in [2.24, 2.45) is 0 Å². The third kappa shape index (κ3) is 3.53. The number of benzene rings is 2. The summed E-state index contributed by atoms with van der Waals surface area (Å²) in [7, 11) is 0. The minimum atomic E-state index is -0.878. The van der Waals surface area contributed by atoms with Crippen molar-refractivity contribution in [1.29, 1.82) is 0 Å². The number of halogens is 3. The van der Waals surface area contributed by atoms with Gasteiger partial charge in [-0.15, -0.1) is 0 Å². The first kappa shape index (κ1) is 16.8. The van der Waals surface area contributed by atoms with E-state index in [9.17, 15) is 13.9 Å². The zero-order valence-corrected chi connectivity index (χ0v) is 13.4. The number of aliphatic hydroxyl groups is 1. The van der Waals surface area contributed by atoms with Crippen molar-refractivity contribution in [2.45, 2.75) is 12.6 Å². The van der Waals surface area contributed by atoms with E-state index in [1.54, 1.807) is 30.5 Å². The fourth-order valence-corrected chi connectivity index (χ4v) is 2.64. The first-order chi connectivity index (χ1) is 11.6. The van der Waals surface area contributed by atoms with Crippen molar-refractivity contribution in [2.75, 3.05) is 6.54 Å². The quantitative estimate of drug-likeness (QED) is 0.733. The molecule has 6 heteroatoms. The second-order valence-corrected chi connectivity index (χ2v) is 5.83. The van der Waals surface area contributed by atoms with Gasteiger partial charge in [0.1, 0.15) is 11.6 Å². The number of aromatic nitrogens is 1. The molecule has 0 fully saturated rings. The topological polar surface area (TPSA) is 45.1 Å². The molecule has 0 radical (unpaired) electrons. The Morgan fingerprint density at radius 2 is 1.96 bits per heavy atom. The third-order valence-electron chi connectivity index (χ3n) is 3.78. The second kappa shape index (κ2) is 7.21. The average molecular weight is 349 g/mol. The maximum atomic E-state index is 13.8. The van der Waals surface area contributed by atoms with E-state index in [0.717, 1.165) is 5.56 Å². The standard InChI is InChI=1S/C18H15ClF2N2O/c19-14-5-3-11(8-16(14)21)17(24)10-22-9-12-4-6-15(20)13-2-1-7-23-18(12)13/h1-8,17,22,24H,9-10H2. The molecular formula is C18H15ClF2N2O. The van der Waals surface area contributed by atoms with Gasteiger partial charge < -0.3 is 10.4 Å². The molecular weight excluding hydrogens is 334 g/mol. The van der Waals surface area contributed by atoms with Crippen LogP contribution in [0.4, 0.5) is 8.78 Å². The van der Waals surface area contributed by atoms with E-state index < -0.39 is 11.9 Å². The van der Waals surface area contributed by atoms with Gasteiger partial charge in [0.15, 0.2) is 0 Å². The summed E-state index contributed by atoms with van der Waals surface area (Å²) in [4.78, 5) is 4.21. The lowest BCUT2D eigenvalue weighted by Crippen LogP contribution is -2.21. The smallest absolute Gasteiger partial charge is 0.142 e. The van der Waals surface area contributed by atoms with Gasteiger partial charge in [-0.1, -0.05) is 23.7 Å². The minimum absolute atomic E-state index is 0.0164. The highest BCUT2D eigenvalue weighted by molar-refractivity contribution is 6.30. The van der Waals surface area contributed by atoms with E-state index >= 15 is 0 Å². The van der Waals surface area contributed by atoms with Crippen molar-refractivity contribution in [1.82, 2.24) is 10.3 Å². The van der Waals surface area contributed by atoms with Gasteiger partial charge in [-0.25, -0.2) is 8.78 Å². The van der Waals surface area contributed by atoms with Gasteiger partial charge in [0, 0.05) is 24.7 Å². The molecule has 0 saturated carbocycles. The Bertz CT molecular complexity index is 873. The summed E-state index contributed by atoms with van der Waals surface area (Å²) in [6.45, 7) is 0.619. The Hall–Kier alpha value is -2.08. The highest BCUT2D eigenvalue weighted by Crippen LogP contribution is 2.21. The molecule has 1 atom stereocenters. The molecule has 0 amide bonds. The van der Waals surface area contributed by atoms with Crippen molar-refractivity contribution in [3.63, 3.8) is 0 Å². The van der Waals surface area contributed by atoms with Gasteiger partial charge in [-0.05, 0) is 41.5 Å². The highest BCUT2D eigenvalue weighted by Gasteiger charge is 2.11. The fraction of sp³-hybridized carbons (Fsp3) is 0.167. The van der Waals surface area contributed by atoms with E-state index in [1.807, 2.05) is 0 Å². The van der Waals surface area contributed by atoms with Crippen LogP contribution in [-0.2, 0) is 6.54 Å². The lowest BCUT2D eigenvalue weighted by molar-refractivity contribution is 0.174. The molecule has 0 aliphatic carbocycles. The Balaban J connectivity index is 1.68. The van der Waals surface area contributed by atoms with Crippen LogP contribution in [-0.4, -0.2) is 16.6 Å². The number of nitrogens with zero attached hydrogens (tertiary/aromatic N) is 1. The Morgan fingerprint density at radius 3 is 2.75 bits per heavy atom. The molecule has 0 aliphatic rings. The van der Waals surface area contributed by atoms with Crippen LogP contribution in [0.25, 0.3) is 10.9 Å². The monoisotopic (exact) mass is 348 g/mol. The first-order valence-corrected chi connectivity index (χ1v) is 7.80. The van der Waals surface area contributed by atoms with Crippen LogP contribution in [0.2, 0.25) is 5.02 Å². The van der Waals surface area contributed by atoms with Gasteiger partial charge in [0.05, 0.1) is 16.6 Å². The number of rotatable bonds is 5. The predicted molar refractivity (Wildman–Crippen MR) is 89.8 cm³/mol. The van der Waals surface area contributed by atoms with Crippen LogP contribution < -0.4 is 5.32 Å². The molecule has 2 aromatic carbocycles. The lowest BCUT2D eigenvalue weighted by Gasteiger charge is -2.13. The molecule has 3 rings (SSSR count). The Morgan fingerprint density at radius 1 is 1.12 bits per heavy atom. The molecule has 1 unspecified atom stereocenters. The van der Waals surface area contributed by atoms with Crippen molar-refractivity contribution in [3.05, 3.63) is 76.4 Å². The number of aliphatic hydroxyl groups excluding tert-OH is 1. The molecule has 2 N–H and O–H groups in total. The van der Waals surface area contributed by atoms with Crippen molar-refractivity contribution < 1.29 is 13.9 Å². The number of fused-ring (bicyclic) bond motifs is 1. The second-order valence-electron chi connectivity index (χ2n) is 5.43. The Labute approximate surface area is 142 Å². The summed E-state index contributed by atoms with van der Waals surface area (Å²) in [5.74, 6) is -0.888. The maximum Gasteiger partial charge on any atom is 0.142 e. The number of hydrogen-bond acceptors (Lipinski definition) is 3. The van der Waals surface area contributed by atoms with Gasteiger partial charge in [-0.3, -0.25) is 4.98 Å². The molecule has 1 aromatic heterocycles. The summed E-state index contributed by atoms with van der Waals surface area (Å²) in [5.41, 5.74) is 1.84. The number of nitrogens with one attached hydrogen (secondary N) is 1. The molecule has 3 nitrogen and oxygen atoms in total. The van der Waals surface area contributed by atoms with Crippen LogP contribution in [0, 0.1) is 11.6 Å². The molecule has 3 aromatic rings. The van der Waals surface area contributed by atoms with Gasteiger partial charge in [0.2, 0.25) is 0 Å². The zero-order chi connectivity index (χ0) is 17.1. The van der Waals surface area contributed by atoms with E-state index in [1.165, 1.54) is 18.2 Å². The van der Waals surface area contributed by atoms with Crippen LogP contribution in [0.15, 0.2) is 48.7 Å². The number of hydrogen-bond donors (Lipinski definition) is 2. The molecule has 1 heterocycles. The molecule has 124 valence electrons. The van der Waals surface area contributed by atoms with Gasteiger partial charge in [0.25, 0.3) is 0 Å². The summed E-state index contributed by atoms with van der Waals surface area (Å²) in [6.07, 6.45) is 0.729. The predicted octanol–water partition coefficient (Wildman–Crippen LogP) is 3.99. The lowest BCUT2D eigenvalue weighted by atomic mass is 10.1. The molecule has 0 saturated heterocycles. The summed E-state index contributed by atoms with van der Waals surface area (Å²) < 4.78 is 27.2.